The molecule has 1 saturated heterocycles. The zero-order valence-electron chi connectivity index (χ0n) is 19.3. The Balaban J connectivity index is 1.13. The van der Waals surface area contributed by atoms with Crippen LogP contribution in [0.15, 0.2) is 48.5 Å². The van der Waals surface area contributed by atoms with E-state index in [1.807, 2.05) is 25.1 Å². The van der Waals surface area contributed by atoms with Gasteiger partial charge in [0.1, 0.15) is 12.4 Å². The normalized spacial score (nSPS) is 17.4. The number of pyridine rings is 1. The molecule has 33 heavy (non-hydrogen) atoms. The highest BCUT2D eigenvalue weighted by Gasteiger charge is 2.21. The molecule has 2 aliphatic rings. The summed E-state index contributed by atoms with van der Waals surface area (Å²) in [5.74, 6) is 1.00. The summed E-state index contributed by atoms with van der Waals surface area (Å²) >= 11 is 0. The minimum Gasteiger partial charge on any atom is -0.492 e. The molecule has 2 aliphatic heterocycles. The Bertz CT molecular complexity index is 1150. The molecule has 3 aromatic rings. The molecule has 0 bridgehead atoms. The Labute approximate surface area is 195 Å². The Morgan fingerprint density at radius 2 is 1.82 bits per heavy atom. The molecule has 5 rings (SSSR count). The first-order valence-corrected chi connectivity index (χ1v) is 12.0. The van der Waals surface area contributed by atoms with Crippen molar-refractivity contribution in [3.05, 3.63) is 65.4 Å². The summed E-state index contributed by atoms with van der Waals surface area (Å²) < 4.78 is 6.19. The van der Waals surface area contributed by atoms with E-state index in [-0.39, 0.29) is 5.91 Å². The van der Waals surface area contributed by atoms with Gasteiger partial charge < -0.3 is 10.1 Å². The van der Waals surface area contributed by atoms with Gasteiger partial charge in [0.2, 0.25) is 5.91 Å². The second kappa shape index (κ2) is 9.89. The second-order valence-electron chi connectivity index (χ2n) is 9.10. The summed E-state index contributed by atoms with van der Waals surface area (Å²) in [4.78, 5) is 21.6. The predicted molar refractivity (Wildman–Crippen MR) is 132 cm³/mol. The average Bonchev–Trinajstić information content (AvgIpc) is 3.06. The molecule has 1 amide bonds. The van der Waals surface area contributed by atoms with Crippen LogP contribution >= 0.6 is 0 Å². The highest BCUT2D eigenvalue weighted by Crippen LogP contribution is 2.34. The Kier molecular flexibility index (Phi) is 6.55. The Hall–Kier alpha value is -2.96. The van der Waals surface area contributed by atoms with E-state index >= 15 is 0 Å². The van der Waals surface area contributed by atoms with Crippen LogP contribution in [0.3, 0.4) is 0 Å². The first kappa shape index (κ1) is 21.9. The summed E-state index contributed by atoms with van der Waals surface area (Å²) in [6.45, 7) is 8.78. The molecule has 1 aromatic heterocycles. The number of fused-ring (bicyclic) bond motifs is 2. The number of nitrogens with one attached hydrogen (secondary N) is 1. The first-order valence-electron chi connectivity index (χ1n) is 12.0. The van der Waals surface area contributed by atoms with Crippen LogP contribution in [0.2, 0.25) is 0 Å². The van der Waals surface area contributed by atoms with Crippen molar-refractivity contribution in [3.63, 3.8) is 0 Å². The van der Waals surface area contributed by atoms with Gasteiger partial charge in [-0.2, -0.15) is 0 Å². The van der Waals surface area contributed by atoms with Crippen LogP contribution in [-0.2, 0) is 17.8 Å². The van der Waals surface area contributed by atoms with Gasteiger partial charge in [-0.15, -0.1) is 0 Å². The molecule has 1 fully saturated rings. The van der Waals surface area contributed by atoms with Crippen LogP contribution in [-0.4, -0.2) is 60.0 Å². The van der Waals surface area contributed by atoms with Gasteiger partial charge in [-0.3, -0.25) is 19.6 Å². The number of aryl methyl sites for hydroxylation is 1. The van der Waals surface area contributed by atoms with Gasteiger partial charge in [-0.1, -0.05) is 30.3 Å². The standard InChI is InChI=1S/C27H32N4O2/c1-20-7-11-25(23-10-12-26(32)29-27(20)23)33-18-17-30-13-4-14-31(16-15-30)19-22-9-8-21-5-2-3-6-24(21)28-22/h2-3,5-9,11H,4,10,12-19H2,1H3,(H,29,32). The number of amides is 1. The van der Waals surface area contributed by atoms with E-state index in [1.54, 1.807) is 0 Å². The fraction of sp³-hybridized carbons (Fsp3) is 0.407. The van der Waals surface area contributed by atoms with Crippen molar-refractivity contribution in [1.29, 1.82) is 0 Å². The number of nitrogens with zero attached hydrogens (tertiary/aromatic N) is 3. The van der Waals surface area contributed by atoms with Crippen molar-refractivity contribution in [2.24, 2.45) is 0 Å². The highest BCUT2D eigenvalue weighted by molar-refractivity contribution is 5.95. The summed E-state index contributed by atoms with van der Waals surface area (Å²) in [6, 6.07) is 16.7. The van der Waals surface area contributed by atoms with Crippen molar-refractivity contribution in [3.8, 4) is 5.75 Å². The molecular weight excluding hydrogens is 412 g/mol. The number of carbonyl (C=O) groups is 1. The average molecular weight is 445 g/mol. The van der Waals surface area contributed by atoms with Crippen molar-refractivity contribution >= 4 is 22.5 Å². The lowest BCUT2D eigenvalue weighted by Gasteiger charge is -2.24. The molecular formula is C27H32N4O2. The maximum atomic E-state index is 11.8. The summed E-state index contributed by atoms with van der Waals surface area (Å²) in [5.41, 5.74) is 5.39. The predicted octanol–water partition coefficient (Wildman–Crippen LogP) is 4.01. The molecule has 0 aliphatic carbocycles. The topological polar surface area (TPSA) is 57.7 Å². The molecule has 3 heterocycles. The fourth-order valence-electron chi connectivity index (χ4n) is 4.86. The Morgan fingerprint density at radius 3 is 2.76 bits per heavy atom. The van der Waals surface area contributed by atoms with Gasteiger partial charge in [-0.05, 0) is 56.6 Å². The third-order valence-electron chi connectivity index (χ3n) is 6.73. The number of anilines is 1. The SMILES string of the molecule is Cc1ccc(OCCN2CCCN(Cc3ccc4ccccc4n3)CC2)c2c1NC(=O)CC2. The van der Waals surface area contributed by atoms with Crippen LogP contribution in [0.4, 0.5) is 5.69 Å². The van der Waals surface area contributed by atoms with E-state index in [0.717, 1.165) is 85.9 Å². The monoisotopic (exact) mass is 444 g/mol. The van der Waals surface area contributed by atoms with E-state index in [1.165, 1.54) is 5.39 Å². The summed E-state index contributed by atoms with van der Waals surface area (Å²) in [6.07, 6.45) is 2.43. The van der Waals surface area contributed by atoms with Crippen LogP contribution in [0.5, 0.6) is 5.75 Å². The number of rotatable bonds is 6. The van der Waals surface area contributed by atoms with Crippen LogP contribution in [0.1, 0.15) is 29.7 Å². The number of hydrogen-bond acceptors (Lipinski definition) is 5. The lowest BCUT2D eigenvalue weighted by atomic mass is 9.98. The fourth-order valence-corrected chi connectivity index (χ4v) is 4.86. The maximum Gasteiger partial charge on any atom is 0.224 e. The van der Waals surface area contributed by atoms with Crippen LogP contribution in [0.25, 0.3) is 10.9 Å². The van der Waals surface area contributed by atoms with E-state index in [2.05, 4.69) is 45.4 Å². The lowest BCUT2D eigenvalue weighted by molar-refractivity contribution is -0.116. The number of hydrogen-bond donors (Lipinski definition) is 1. The van der Waals surface area contributed by atoms with Crippen molar-refractivity contribution < 1.29 is 9.53 Å². The third-order valence-corrected chi connectivity index (χ3v) is 6.73. The van der Waals surface area contributed by atoms with Crippen molar-refractivity contribution in [2.75, 3.05) is 44.6 Å². The minimum atomic E-state index is 0.0933. The first-order chi connectivity index (χ1) is 16.2. The molecule has 0 spiro atoms. The molecule has 172 valence electrons. The molecule has 0 saturated carbocycles. The minimum absolute atomic E-state index is 0.0933. The number of carbonyl (C=O) groups excluding carboxylic acids is 1. The zero-order valence-corrected chi connectivity index (χ0v) is 19.3. The molecule has 0 atom stereocenters. The van der Waals surface area contributed by atoms with Crippen molar-refractivity contribution in [1.82, 2.24) is 14.8 Å². The van der Waals surface area contributed by atoms with Gasteiger partial charge in [0.15, 0.2) is 0 Å². The van der Waals surface area contributed by atoms with E-state index in [9.17, 15) is 4.79 Å². The van der Waals surface area contributed by atoms with Gasteiger partial charge >= 0.3 is 0 Å². The largest absolute Gasteiger partial charge is 0.492 e. The van der Waals surface area contributed by atoms with E-state index in [4.69, 9.17) is 9.72 Å². The molecule has 1 N–H and O–H groups in total. The maximum absolute atomic E-state index is 11.8. The van der Waals surface area contributed by atoms with Gasteiger partial charge in [0, 0.05) is 43.5 Å². The van der Waals surface area contributed by atoms with Crippen molar-refractivity contribution in [2.45, 2.75) is 32.7 Å². The number of para-hydroxylation sites is 1. The smallest absolute Gasteiger partial charge is 0.224 e. The molecule has 0 unspecified atom stereocenters. The summed E-state index contributed by atoms with van der Waals surface area (Å²) in [7, 11) is 0. The van der Waals surface area contributed by atoms with Gasteiger partial charge in [0.25, 0.3) is 0 Å². The molecule has 6 nitrogen and oxygen atoms in total. The third kappa shape index (κ3) is 5.18. The van der Waals surface area contributed by atoms with E-state index in [0.29, 0.717) is 13.0 Å². The number of benzene rings is 2. The zero-order chi connectivity index (χ0) is 22.6. The van der Waals surface area contributed by atoms with Crippen LogP contribution in [0, 0.1) is 6.92 Å². The van der Waals surface area contributed by atoms with Gasteiger partial charge in [-0.25, -0.2) is 0 Å². The molecule has 2 aromatic carbocycles. The highest BCUT2D eigenvalue weighted by atomic mass is 16.5. The van der Waals surface area contributed by atoms with Gasteiger partial charge in [0.05, 0.1) is 16.9 Å². The number of aromatic nitrogens is 1. The van der Waals surface area contributed by atoms with Crippen LogP contribution < -0.4 is 10.1 Å². The number of ether oxygens (including phenoxy) is 1. The molecule has 0 radical (unpaired) electrons. The molecule has 6 heteroatoms. The van der Waals surface area contributed by atoms with E-state index < -0.39 is 0 Å². The lowest BCUT2D eigenvalue weighted by Crippen LogP contribution is -2.33. The Morgan fingerprint density at radius 1 is 0.970 bits per heavy atom. The summed E-state index contributed by atoms with van der Waals surface area (Å²) in [5, 5.41) is 4.21. The quantitative estimate of drug-likeness (QED) is 0.623. The second-order valence-corrected chi connectivity index (χ2v) is 9.10.